The van der Waals surface area contributed by atoms with Crippen LogP contribution in [0.2, 0.25) is 0 Å². The Hall–Kier alpha value is -0.980. The molecule has 20 heavy (non-hydrogen) atoms. The van der Waals surface area contributed by atoms with Crippen molar-refractivity contribution in [3.8, 4) is 5.75 Å². The molecule has 0 spiro atoms. The first-order chi connectivity index (χ1) is 9.70. The minimum atomic E-state index is 0.407. The first-order valence-electron chi connectivity index (χ1n) is 6.72. The Balaban J connectivity index is 1.94. The highest BCUT2D eigenvalue weighted by Crippen LogP contribution is 2.22. The van der Waals surface area contributed by atoms with Crippen molar-refractivity contribution < 1.29 is 4.74 Å². The van der Waals surface area contributed by atoms with Crippen LogP contribution >= 0.6 is 24.0 Å². The first-order valence-corrected chi connectivity index (χ1v) is 8.29. The largest absolute Gasteiger partial charge is 0.497 e. The van der Waals surface area contributed by atoms with Crippen LogP contribution in [0.5, 0.6) is 5.75 Å². The van der Waals surface area contributed by atoms with Gasteiger partial charge in [-0.15, -0.1) is 0 Å². The van der Waals surface area contributed by atoms with Gasteiger partial charge in [0.15, 0.2) is 0 Å². The summed E-state index contributed by atoms with van der Waals surface area (Å²) in [5.41, 5.74) is 7.58. The van der Waals surface area contributed by atoms with Gasteiger partial charge in [-0.25, -0.2) is 0 Å². The van der Waals surface area contributed by atoms with E-state index in [4.69, 9.17) is 22.7 Å². The molecule has 0 radical (unpaired) electrons. The first kappa shape index (κ1) is 15.4. The Morgan fingerprint density at radius 3 is 2.85 bits per heavy atom. The number of nitrogens with two attached hydrogens (primary N) is 1. The van der Waals surface area contributed by atoms with Gasteiger partial charge in [0.2, 0.25) is 0 Å². The number of hydrogen-bond acceptors (Lipinski definition) is 5. The van der Waals surface area contributed by atoms with Crippen molar-refractivity contribution >= 4 is 34.7 Å². The number of thiocarbonyl (C=S) groups is 1. The lowest BCUT2D eigenvalue weighted by Crippen LogP contribution is -2.36. The minimum absolute atomic E-state index is 0.407. The number of nitrogens with zero attached hydrogens (tertiary/aromatic N) is 1. The van der Waals surface area contributed by atoms with Gasteiger partial charge in [-0.2, -0.15) is 11.8 Å². The van der Waals surface area contributed by atoms with Gasteiger partial charge in [0.05, 0.1) is 7.11 Å². The third kappa shape index (κ3) is 4.26. The monoisotopic (exact) mass is 311 g/mol. The quantitative estimate of drug-likeness (QED) is 0.781. The second-order valence-corrected chi connectivity index (χ2v) is 6.32. The molecule has 1 aromatic carbocycles. The number of rotatable bonds is 6. The molecule has 0 saturated carbocycles. The normalized spacial score (nSPS) is 15.8. The third-order valence-electron chi connectivity index (χ3n) is 3.34. The number of hydrogen-bond donors (Lipinski definition) is 2. The number of anilines is 1. The van der Waals surface area contributed by atoms with Crippen LogP contribution in [0.3, 0.4) is 0 Å². The lowest BCUT2D eigenvalue weighted by Gasteiger charge is -2.26. The number of ether oxygens (including phenoxy) is 1. The number of nitrogens with one attached hydrogen (secondary N) is 1. The SMILES string of the molecule is COc1ccc(C(N)=S)c(NCCN2CCSCC2)c1. The molecule has 1 fully saturated rings. The highest BCUT2D eigenvalue weighted by molar-refractivity contribution is 7.99. The third-order valence-corrected chi connectivity index (χ3v) is 4.50. The predicted molar refractivity (Wildman–Crippen MR) is 91.1 cm³/mol. The van der Waals surface area contributed by atoms with Crippen LogP contribution in [-0.4, -0.2) is 54.7 Å². The molecule has 0 aliphatic carbocycles. The van der Waals surface area contributed by atoms with Crippen LogP contribution in [0, 0.1) is 0 Å². The van der Waals surface area contributed by atoms with E-state index in [1.807, 2.05) is 30.0 Å². The lowest BCUT2D eigenvalue weighted by atomic mass is 10.1. The summed E-state index contributed by atoms with van der Waals surface area (Å²) in [6.07, 6.45) is 0. The molecule has 0 atom stereocenters. The van der Waals surface area contributed by atoms with E-state index in [-0.39, 0.29) is 0 Å². The van der Waals surface area contributed by atoms with E-state index >= 15 is 0 Å². The zero-order valence-electron chi connectivity index (χ0n) is 11.7. The van der Waals surface area contributed by atoms with Crippen LogP contribution in [0.4, 0.5) is 5.69 Å². The summed E-state index contributed by atoms with van der Waals surface area (Å²) in [6.45, 7) is 4.27. The molecular weight excluding hydrogens is 290 g/mol. The van der Waals surface area contributed by atoms with Crippen LogP contribution in [0.15, 0.2) is 18.2 Å². The Morgan fingerprint density at radius 1 is 1.45 bits per heavy atom. The fourth-order valence-electron chi connectivity index (χ4n) is 2.18. The van der Waals surface area contributed by atoms with Gasteiger partial charge in [0, 0.05) is 55.0 Å². The average Bonchev–Trinajstić information content (AvgIpc) is 2.48. The van der Waals surface area contributed by atoms with Gasteiger partial charge in [-0.3, -0.25) is 4.90 Å². The Bertz CT molecular complexity index is 462. The fraction of sp³-hybridized carbons (Fsp3) is 0.500. The fourth-order valence-corrected chi connectivity index (χ4v) is 3.34. The predicted octanol–water partition coefficient (Wildman–Crippen LogP) is 1.79. The average molecular weight is 311 g/mol. The maximum Gasteiger partial charge on any atom is 0.120 e. The molecule has 2 rings (SSSR count). The summed E-state index contributed by atoms with van der Waals surface area (Å²) in [5.74, 6) is 3.27. The van der Waals surface area contributed by atoms with Crippen molar-refractivity contribution in [3.63, 3.8) is 0 Å². The highest BCUT2D eigenvalue weighted by atomic mass is 32.2. The van der Waals surface area contributed by atoms with Gasteiger partial charge in [0.1, 0.15) is 10.7 Å². The number of benzene rings is 1. The lowest BCUT2D eigenvalue weighted by molar-refractivity contribution is 0.314. The molecule has 3 N–H and O–H groups in total. The van der Waals surface area contributed by atoms with Crippen molar-refractivity contribution in [3.05, 3.63) is 23.8 Å². The van der Waals surface area contributed by atoms with Gasteiger partial charge in [-0.05, 0) is 12.1 Å². The summed E-state index contributed by atoms with van der Waals surface area (Å²) in [6, 6.07) is 5.73. The molecule has 4 nitrogen and oxygen atoms in total. The van der Waals surface area contributed by atoms with Gasteiger partial charge in [-0.1, -0.05) is 12.2 Å². The van der Waals surface area contributed by atoms with Crippen LogP contribution in [0.25, 0.3) is 0 Å². The van der Waals surface area contributed by atoms with E-state index in [1.165, 1.54) is 24.6 Å². The molecule has 1 heterocycles. The molecule has 1 saturated heterocycles. The molecule has 1 aliphatic heterocycles. The van der Waals surface area contributed by atoms with E-state index < -0.39 is 0 Å². The molecule has 0 aromatic heterocycles. The molecule has 0 amide bonds. The summed E-state index contributed by atoms with van der Waals surface area (Å²) in [7, 11) is 1.66. The molecule has 0 unspecified atom stereocenters. The molecule has 1 aliphatic rings. The number of thioether (sulfide) groups is 1. The molecule has 6 heteroatoms. The second-order valence-electron chi connectivity index (χ2n) is 4.66. The topological polar surface area (TPSA) is 50.5 Å². The van der Waals surface area contributed by atoms with Gasteiger partial charge >= 0.3 is 0 Å². The molecule has 110 valence electrons. The number of methoxy groups -OCH3 is 1. The van der Waals surface area contributed by atoms with E-state index in [2.05, 4.69) is 10.2 Å². The summed E-state index contributed by atoms with van der Waals surface area (Å²) in [4.78, 5) is 2.88. The second kappa shape index (κ2) is 7.71. The zero-order valence-corrected chi connectivity index (χ0v) is 13.4. The smallest absolute Gasteiger partial charge is 0.120 e. The van der Waals surface area contributed by atoms with E-state index in [0.29, 0.717) is 4.99 Å². The van der Waals surface area contributed by atoms with Gasteiger partial charge in [0.25, 0.3) is 0 Å². The molecule has 0 bridgehead atoms. The Labute approximate surface area is 130 Å². The van der Waals surface area contributed by atoms with E-state index in [9.17, 15) is 0 Å². The Kier molecular flexibility index (Phi) is 5.94. The minimum Gasteiger partial charge on any atom is -0.497 e. The van der Waals surface area contributed by atoms with E-state index in [0.717, 1.165) is 30.1 Å². The zero-order chi connectivity index (χ0) is 14.4. The van der Waals surface area contributed by atoms with Gasteiger partial charge < -0.3 is 15.8 Å². The van der Waals surface area contributed by atoms with Crippen molar-refractivity contribution in [1.82, 2.24) is 4.90 Å². The summed E-state index contributed by atoms with van der Waals surface area (Å²) < 4.78 is 5.25. The van der Waals surface area contributed by atoms with Crippen molar-refractivity contribution in [2.24, 2.45) is 5.73 Å². The standard InChI is InChI=1S/C14H21N3OS2/c1-18-11-2-3-12(14(15)19)13(10-11)16-4-5-17-6-8-20-9-7-17/h2-3,10,16H,4-9H2,1H3,(H2,15,19). The summed E-state index contributed by atoms with van der Waals surface area (Å²) in [5, 5.41) is 3.42. The van der Waals surface area contributed by atoms with E-state index in [1.54, 1.807) is 7.11 Å². The van der Waals surface area contributed by atoms with Crippen LogP contribution in [-0.2, 0) is 0 Å². The van der Waals surface area contributed by atoms with Crippen LogP contribution in [0.1, 0.15) is 5.56 Å². The highest BCUT2D eigenvalue weighted by Gasteiger charge is 2.11. The molecular formula is C14H21N3OS2. The van der Waals surface area contributed by atoms with Crippen LogP contribution < -0.4 is 15.8 Å². The summed E-state index contributed by atoms with van der Waals surface area (Å²) >= 11 is 7.12. The Morgan fingerprint density at radius 2 is 2.20 bits per heavy atom. The van der Waals surface area contributed by atoms with Crippen molar-refractivity contribution in [2.75, 3.05) is 50.1 Å². The molecule has 1 aromatic rings. The van der Waals surface area contributed by atoms with Crippen molar-refractivity contribution in [2.45, 2.75) is 0 Å². The maximum absolute atomic E-state index is 5.76. The maximum atomic E-state index is 5.76. The van der Waals surface area contributed by atoms with Crippen molar-refractivity contribution in [1.29, 1.82) is 0 Å².